The molecule has 1 heterocycles. The van der Waals surface area contributed by atoms with Gasteiger partial charge < -0.3 is 15.0 Å². The van der Waals surface area contributed by atoms with Crippen LogP contribution in [-0.2, 0) is 9.53 Å². The maximum atomic E-state index is 12.0. The minimum absolute atomic E-state index is 0.229. The number of carbonyl (C=O) groups is 1. The maximum Gasteiger partial charge on any atom is 0.283 e. The maximum absolute atomic E-state index is 12.0. The minimum atomic E-state index is -0.229. The Morgan fingerprint density at radius 1 is 1.28 bits per heavy atom. The first kappa shape index (κ1) is 13.7. The number of ether oxygens (including phenoxy) is 1. The highest BCUT2D eigenvalue weighted by molar-refractivity contribution is 14.1. The van der Waals surface area contributed by atoms with Gasteiger partial charge in [-0.05, 0) is 46.9 Å². The van der Waals surface area contributed by atoms with Gasteiger partial charge in [-0.2, -0.15) is 0 Å². The van der Waals surface area contributed by atoms with E-state index in [0.29, 0.717) is 31.3 Å². The molecule has 1 aromatic rings. The molecular formula is C12H13IN2O2S. The highest BCUT2D eigenvalue weighted by atomic mass is 127. The molecule has 0 atom stereocenters. The molecule has 0 saturated carbocycles. The molecule has 1 aromatic carbocycles. The van der Waals surface area contributed by atoms with Crippen molar-refractivity contribution in [2.45, 2.75) is 0 Å². The lowest BCUT2D eigenvalue weighted by Gasteiger charge is -2.28. The lowest BCUT2D eigenvalue weighted by atomic mass is 10.3. The van der Waals surface area contributed by atoms with Crippen LogP contribution in [0, 0.1) is 3.57 Å². The standard InChI is InChI=1S/C12H13IN2O2S/c13-9-1-3-10(4-2-9)14-11(16)12(18)15-5-7-17-8-6-15/h1-4H,5-8H2,(H,14,16). The van der Waals surface area contributed by atoms with Gasteiger partial charge in [-0.25, -0.2) is 0 Å². The van der Waals surface area contributed by atoms with Crippen molar-refractivity contribution >= 4 is 51.4 Å². The molecule has 1 amide bonds. The number of thiocarbonyl (C=S) groups is 1. The van der Waals surface area contributed by atoms with Crippen LogP contribution in [0.25, 0.3) is 0 Å². The van der Waals surface area contributed by atoms with Gasteiger partial charge in [0, 0.05) is 22.3 Å². The zero-order chi connectivity index (χ0) is 13.0. The van der Waals surface area contributed by atoms with E-state index in [0.717, 1.165) is 9.26 Å². The van der Waals surface area contributed by atoms with Crippen LogP contribution in [0.1, 0.15) is 0 Å². The largest absolute Gasteiger partial charge is 0.378 e. The zero-order valence-corrected chi connectivity index (χ0v) is 12.7. The summed E-state index contributed by atoms with van der Waals surface area (Å²) < 4.78 is 6.35. The lowest BCUT2D eigenvalue weighted by Crippen LogP contribution is -2.44. The molecule has 1 saturated heterocycles. The third kappa shape index (κ3) is 3.63. The van der Waals surface area contributed by atoms with Crippen LogP contribution >= 0.6 is 34.8 Å². The van der Waals surface area contributed by atoms with E-state index >= 15 is 0 Å². The molecule has 1 aliphatic rings. The summed E-state index contributed by atoms with van der Waals surface area (Å²) in [7, 11) is 0. The summed E-state index contributed by atoms with van der Waals surface area (Å²) >= 11 is 7.40. The molecule has 0 spiro atoms. The van der Waals surface area contributed by atoms with Crippen LogP contribution in [-0.4, -0.2) is 42.1 Å². The second-order valence-corrected chi connectivity index (χ2v) is 5.50. The van der Waals surface area contributed by atoms with E-state index in [9.17, 15) is 4.79 Å². The number of hydrogen-bond acceptors (Lipinski definition) is 3. The van der Waals surface area contributed by atoms with Crippen LogP contribution in [0.4, 0.5) is 5.69 Å². The van der Waals surface area contributed by atoms with E-state index in [1.807, 2.05) is 29.2 Å². The Balaban J connectivity index is 1.94. The van der Waals surface area contributed by atoms with E-state index in [-0.39, 0.29) is 5.91 Å². The fourth-order valence-electron chi connectivity index (χ4n) is 1.63. The van der Waals surface area contributed by atoms with Crippen LogP contribution in [0.3, 0.4) is 0 Å². The number of nitrogens with zero attached hydrogens (tertiary/aromatic N) is 1. The van der Waals surface area contributed by atoms with Crippen molar-refractivity contribution in [1.82, 2.24) is 4.90 Å². The average molecular weight is 376 g/mol. The fraction of sp³-hybridized carbons (Fsp3) is 0.333. The molecule has 1 aliphatic heterocycles. The fourth-order valence-corrected chi connectivity index (χ4v) is 2.22. The van der Waals surface area contributed by atoms with E-state index < -0.39 is 0 Å². The first-order valence-corrected chi connectivity index (χ1v) is 7.09. The Hall–Kier alpha value is -0.730. The lowest BCUT2D eigenvalue weighted by molar-refractivity contribution is -0.111. The molecule has 18 heavy (non-hydrogen) atoms. The Bertz CT molecular complexity index is 444. The van der Waals surface area contributed by atoms with Gasteiger partial charge >= 0.3 is 0 Å². The third-order valence-corrected chi connectivity index (χ3v) is 3.76. The topological polar surface area (TPSA) is 41.6 Å². The molecule has 0 aromatic heterocycles. The molecule has 1 fully saturated rings. The van der Waals surface area contributed by atoms with Crippen molar-refractivity contribution in [2.24, 2.45) is 0 Å². The molecule has 0 bridgehead atoms. The molecule has 6 heteroatoms. The smallest absolute Gasteiger partial charge is 0.283 e. The highest BCUT2D eigenvalue weighted by Crippen LogP contribution is 2.11. The van der Waals surface area contributed by atoms with Gasteiger partial charge in [-0.3, -0.25) is 4.79 Å². The number of hydrogen-bond donors (Lipinski definition) is 1. The predicted molar refractivity (Wildman–Crippen MR) is 82.8 cm³/mol. The first-order valence-electron chi connectivity index (χ1n) is 5.60. The Kier molecular flexibility index (Phi) is 4.90. The second-order valence-electron chi connectivity index (χ2n) is 3.87. The van der Waals surface area contributed by atoms with E-state index in [2.05, 4.69) is 27.9 Å². The van der Waals surface area contributed by atoms with E-state index in [1.165, 1.54) is 0 Å². The average Bonchev–Trinajstić information content (AvgIpc) is 2.41. The molecule has 2 rings (SSSR count). The van der Waals surface area contributed by atoms with Crippen LogP contribution < -0.4 is 5.32 Å². The second kappa shape index (κ2) is 6.44. The van der Waals surface area contributed by atoms with Gasteiger partial charge in [0.1, 0.15) is 0 Å². The predicted octanol–water partition coefficient (Wildman–Crippen LogP) is 1.89. The Morgan fingerprint density at radius 3 is 2.50 bits per heavy atom. The van der Waals surface area contributed by atoms with E-state index in [1.54, 1.807) is 0 Å². The number of nitrogens with one attached hydrogen (secondary N) is 1. The van der Waals surface area contributed by atoms with Crippen molar-refractivity contribution in [3.63, 3.8) is 0 Å². The summed E-state index contributed by atoms with van der Waals surface area (Å²) in [6.07, 6.45) is 0. The molecule has 0 radical (unpaired) electrons. The normalized spacial score (nSPS) is 15.3. The summed E-state index contributed by atoms with van der Waals surface area (Å²) in [5.74, 6) is -0.229. The highest BCUT2D eigenvalue weighted by Gasteiger charge is 2.19. The summed E-state index contributed by atoms with van der Waals surface area (Å²) in [4.78, 5) is 14.2. The summed E-state index contributed by atoms with van der Waals surface area (Å²) in [6, 6.07) is 7.60. The molecule has 0 unspecified atom stereocenters. The molecule has 0 aliphatic carbocycles. The van der Waals surface area contributed by atoms with Gasteiger partial charge in [-0.1, -0.05) is 12.2 Å². The Labute approximate surface area is 125 Å². The van der Waals surface area contributed by atoms with Crippen LogP contribution in [0.15, 0.2) is 24.3 Å². The van der Waals surface area contributed by atoms with Crippen LogP contribution in [0.2, 0.25) is 0 Å². The number of carbonyl (C=O) groups excluding carboxylic acids is 1. The third-order valence-electron chi connectivity index (χ3n) is 2.59. The van der Waals surface area contributed by atoms with Crippen molar-refractivity contribution < 1.29 is 9.53 Å². The molecular weight excluding hydrogens is 363 g/mol. The number of morpholine rings is 1. The monoisotopic (exact) mass is 376 g/mol. The first-order chi connectivity index (χ1) is 8.66. The van der Waals surface area contributed by atoms with Gasteiger partial charge in [0.05, 0.1) is 13.2 Å². The number of anilines is 1. The minimum Gasteiger partial charge on any atom is -0.378 e. The number of halogens is 1. The van der Waals surface area contributed by atoms with E-state index in [4.69, 9.17) is 17.0 Å². The van der Waals surface area contributed by atoms with Crippen molar-refractivity contribution in [3.8, 4) is 0 Å². The van der Waals surface area contributed by atoms with Crippen LogP contribution in [0.5, 0.6) is 0 Å². The molecule has 4 nitrogen and oxygen atoms in total. The Morgan fingerprint density at radius 2 is 1.89 bits per heavy atom. The quantitative estimate of drug-likeness (QED) is 0.601. The zero-order valence-electron chi connectivity index (χ0n) is 9.69. The summed E-state index contributed by atoms with van der Waals surface area (Å²) in [5.41, 5.74) is 0.760. The van der Waals surface area contributed by atoms with Gasteiger partial charge in [0.15, 0.2) is 4.99 Å². The summed E-state index contributed by atoms with van der Waals surface area (Å²) in [6.45, 7) is 2.60. The molecule has 96 valence electrons. The molecule has 1 N–H and O–H groups in total. The van der Waals surface area contributed by atoms with Crippen molar-refractivity contribution in [1.29, 1.82) is 0 Å². The number of amides is 1. The van der Waals surface area contributed by atoms with Crippen molar-refractivity contribution in [2.75, 3.05) is 31.6 Å². The number of rotatable bonds is 1. The SMILES string of the molecule is O=C(Nc1ccc(I)cc1)C(=S)N1CCOCC1. The summed E-state index contributed by atoms with van der Waals surface area (Å²) in [5, 5.41) is 2.80. The van der Waals surface area contributed by atoms with Gasteiger partial charge in [0.2, 0.25) is 0 Å². The van der Waals surface area contributed by atoms with Gasteiger partial charge in [-0.15, -0.1) is 0 Å². The number of benzene rings is 1. The van der Waals surface area contributed by atoms with Crippen molar-refractivity contribution in [3.05, 3.63) is 27.8 Å². The van der Waals surface area contributed by atoms with Gasteiger partial charge in [0.25, 0.3) is 5.91 Å².